The van der Waals surface area contributed by atoms with Crippen molar-refractivity contribution >= 4 is 5.78 Å². The second-order valence-corrected chi connectivity index (χ2v) is 3.24. The minimum absolute atomic E-state index is 0.315. The second kappa shape index (κ2) is 2.91. The van der Waals surface area contributed by atoms with Crippen molar-refractivity contribution in [1.82, 2.24) is 0 Å². The number of aliphatic hydroxyl groups is 2. The van der Waals surface area contributed by atoms with Crippen molar-refractivity contribution in [3.8, 4) is 0 Å². The summed E-state index contributed by atoms with van der Waals surface area (Å²) in [5.74, 6) is -0.315. The number of Topliss-reactive ketones (excluding diaryl/α,β-unsaturated/α-hetero) is 1. The van der Waals surface area contributed by atoms with Gasteiger partial charge in [0.05, 0.1) is 6.10 Å². The Labute approximate surface area is 66.0 Å². The molecule has 0 amide bonds. The molecular weight excluding hydrogens is 144 g/mol. The summed E-state index contributed by atoms with van der Waals surface area (Å²) in [7, 11) is 0. The average Bonchev–Trinajstić information content (AvgIpc) is 1.95. The molecule has 3 heteroatoms. The zero-order valence-corrected chi connectivity index (χ0v) is 6.71. The van der Waals surface area contributed by atoms with Gasteiger partial charge in [0.2, 0.25) is 0 Å². The third-order valence-electron chi connectivity index (χ3n) is 2.45. The second-order valence-electron chi connectivity index (χ2n) is 3.24. The van der Waals surface area contributed by atoms with Crippen molar-refractivity contribution in [3.63, 3.8) is 0 Å². The molecule has 0 aromatic heterocycles. The molecule has 1 aliphatic rings. The first kappa shape index (κ1) is 8.68. The highest BCUT2D eigenvalue weighted by atomic mass is 16.3. The van der Waals surface area contributed by atoms with Crippen LogP contribution in [0.5, 0.6) is 0 Å². The van der Waals surface area contributed by atoms with E-state index >= 15 is 0 Å². The van der Waals surface area contributed by atoms with Crippen LogP contribution >= 0.6 is 0 Å². The lowest BCUT2D eigenvalue weighted by atomic mass is 9.80. The van der Waals surface area contributed by atoms with Crippen LogP contribution in [0, 0.1) is 0 Å². The van der Waals surface area contributed by atoms with Gasteiger partial charge in [0, 0.05) is 0 Å². The third kappa shape index (κ3) is 1.44. The van der Waals surface area contributed by atoms with Gasteiger partial charge in [0.1, 0.15) is 5.60 Å². The van der Waals surface area contributed by atoms with Crippen molar-refractivity contribution in [3.05, 3.63) is 0 Å². The fourth-order valence-electron chi connectivity index (χ4n) is 1.55. The number of carbonyl (C=O) groups is 1. The summed E-state index contributed by atoms with van der Waals surface area (Å²) in [6.45, 7) is 1.33. The van der Waals surface area contributed by atoms with E-state index in [0.717, 1.165) is 12.8 Å². The van der Waals surface area contributed by atoms with E-state index in [1.54, 1.807) is 0 Å². The summed E-state index contributed by atoms with van der Waals surface area (Å²) in [6, 6.07) is 0. The molecule has 1 saturated carbocycles. The first-order chi connectivity index (χ1) is 5.07. The molecule has 2 atom stereocenters. The standard InChI is InChI=1S/C8H14O3/c1-6(9)8(11)5-3-2-4-7(8)10/h7,10-11H,2-5H2,1H3/t7-,8+/m0/s1. The van der Waals surface area contributed by atoms with Gasteiger partial charge >= 0.3 is 0 Å². The third-order valence-corrected chi connectivity index (χ3v) is 2.45. The molecule has 3 nitrogen and oxygen atoms in total. The van der Waals surface area contributed by atoms with Gasteiger partial charge in [-0.25, -0.2) is 0 Å². The molecule has 1 aliphatic carbocycles. The Bertz CT molecular complexity index is 167. The molecular formula is C8H14O3. The normalized spacial score (nSPS) is 38.6. The van der Waals surface area contributed by atoms with Gasteiger partial charge in [-0.3, -0.25) is 4.79 Å². The Kier molecular flexibility index (Phi) is 2.30. The van der Waals surface area contributed by atoms with Gasteiger partial charge in [0.25, 0.3) is 0 Å². The van der Waals surface area contributed by atoms with Crippen LogP contribution in [0.1, 0.15) is 32.6 Å². The van der Waals surface area contributed by atoms with Crippen LogP contribution < -0.4 is 0 Å². The molecule has 0 aromatic carbocycles. The minimum Gasteiger partial charge on any atom is -0.390 e. The SMILES string of the molecule is CC(=O)[C@]1(O)CCCC[C@@H]1O. The predicted octanol–water partition coefficient (Wildman–Crippen LogP) is 0.241. The Morgan fingerprint density at radius 1 is 1.55 bits per heavy atom. The quantitative estimate of drug-likeness (QED) is 0.574. The van der Waals surface area contributed by atoms with E-state index in [1.807, 2.05) is 0 Å². The summed E-state index contributed by atoms with van der Waals surface area (Å²) in [5.41, 5.74) is -1.45. The Hall–Kier alpha value is -0.410. The smallest absolute Gasteiger partial charge is 0.163 e. The number of hydrogen-bond donors (Lipinski definition) is 2. The first-order valence-corrected chi connectivity index (χ1v) is 3.99. The van der Waals surface area contributed by atoms with E-state index in [2.05, 4.69) is 0 Å². The predicted molar refractivity (Wildman–Crippen MR) is 40.1 cm³/mol. The van der Waals surface area contributed by atoms with Crippen LogP contribution in [0.15, 0.2) is 0 Å². The van der Waals surface area contributed by atoms with Gasteiger partial charge in [-0.2, -0.15) is 0 Å². The van der Waals surface area contributed by atoms with Crippen LogP contribution in [-0.2, 0) is 4.79 Å². The number of aliphatic hydroxyl groups excluding tert-OH is 1. The van der Waals surface area contributed by atoms with E-state index in [9.17, 15) is 15.0 Å². The summed E-state index contributed by atoms with van der Waals surface area (Å²) in [4.78, 5) is 10.9. The number of hydrogen-bond acceptors (Lipinski definition) is 3. The Morgan fingerprint density at radius 3 is 2.55 bits per heavy atom. The molecule has 0 heterocycles. The van der Waals surface area contributed by atoms with Gasteiger partial charge < -0.3 is 10.2 Å². The fraction of sp³-hybridized carbons (Fsp3) is 0.875. The first-order valence-electron chi connectivity index (χ1n) is 3.99. The van der Waals surface area contributed by atoms with Gasteiger partial charge in [-0.1, -0.05) is 6.42 Å². The lowest BCUT2D eigenvalue weighted by Crippen LogP contribution is -2.50. The largest absolute Gasteiger partial charge is 0.390 e. The van der Waals surface area contributed by atoms with E-state index < -0.39 is 11.7 Å². The molecule has 0 saturated heterocycles. The van der Waals surface area contributed by atoms with Gasteiger partial charge in [-0.15, -0.1) is 0 Å². The molecule has 11 heavy (non-hydrogen) atoms. The average molecular weight is 158 g/mol. The Morgan fingerprint density at radius 2 is 2.18 bits per heavy atom. The summed E-state index contributed by atoms with van der Waals surface area (Å²) in [5, 5.41) is 18.9. The number of ketones is 1. The molecule has 2 N–H and O–H groups in total. The van der Waals surface area contributed by atoms with Crippen molar-refractivity contribution < 1.29 is 15.0 Å². The van der Waals surface area contributed by atoms with Crippen LogP contribution in [0.4, 0.5) is 0 Å². The molecule has 0 spiro atoms. The minimum atomic E-state index is -1.45. The summed E-state index contributed by atoms with van der Waals surface area (Å²) in [6.07, 6.45) is 1.82. The topological polar surface area (TPSA) is 57.5 Å². The number of carbonyl (C=O) groups excluding carboxylic acids is 1. The van der Waals surface area contributed by atoms with Crippen molar-refractivity contribution in [2.75, 3.05) is 0 Å². The maximum atomic E-state index is 10.9. The van der Waals surface area contributed by atoms with E-state index in [-0.39, 0.29) is 5.78 Å². The summed E-state index contributed by atoms with van der Waals surface area (Å²) < 4.78 is 0. The highest BCUT2D eigenvalue weighted by Crippen LogP contribution is 2.28. The van der Waals surface area contributed by atoms with Crippen molar-refractivity contribution in [2.45, 2.75) is 44.3 Å². The zero-order chi connectivity index (χ0) is 8.48. The summed E-state index contributed by atoms with van der Waals surface area (Å²) >= 11 is 0. The maximum absolute atomic E-state index is 10.9. The molecule has 0 bridgehead atoms. The highest BCUT2D eigenvalue weighted by molar-refractivity contribution is 5.85. The van der Waals surface area contributed by atoms with E-state index in [0.29, 0.717) is 12.8 Å². The van der Waals surface area contributed by atoms with Crippen molar-refractivity contribution in [1.29, 1.82) is 0 Å². The molecule has 1 rings (SSSR count). The van der Waals surface area contributed by atoms with Crippen LogP contribution in [0.2, 0.25) is 0 Å². The zero-order valence-electron chi connectivity index (χ0n) is 6.71. The van der Waals surface area contributed by atoms with Gasteiger partial charge in [-0.05, 0) is 26.2 Å². The molecule has 1 fully saturated rings. The fourth-order valence-corrected chi connectivity index (χ4v) is 1.55. The van der Waals surface area contributed by atoms with Gasteiger partial charge in [0.15, 0.2) is 5.78 Å². The van der Waals surface area contributed by atoms with E-state index in [4.69, 9.17) is 0 Å². The van der Waals surface area contributed by atoms with E-state index in [1.165, 1.54) is 6.92 Å². The van der Waals surface area contributed by atoms with Crippen LogP contribution in [0.25, 0.3) is 0 Å². The number of rotatable bonds is 1. The lowest BCUT2D eigenvalue weighted by Gasteiger charge is -2.34. The van der Waals surface area contributed by atoms with Crippen molar-refractivity contribution in [2.24, 2.45) is 0 Å². The molecule has 0 unspecified atom stereocenters. The maximum Gasteiger partial charge on any atom is 0.163 e. The Balaban J connectivity index is 2.72. The molecule has 0 aromatic rings. The van der Waals surface area contributed by atoms with Crippen LogP contribution in [-0.4, -0.2) is 27.7 Å². The highest BCUT2D eigenvalue weighted by Gasteiger charge is 2.41. The lowest BCUT2D eigenvalue weighted by molar-refractivity contribution is -0.154. The molecule has 64 valence electrons. The monoisotopic (exact) mass is 158 g/mol. The molecule has 0 aliphatic heterocycles. The van der Waals surface area contributed by atoms with Crippen LogP contribution in [0.3, 0.4) is 0 Å². The molecule has 0 radical (unpaired) electrons.